The lowest BCUT2D eigenvalue weighted by Gasteiger charge is -2.12. The van der Waals surface area contributed by atoms with E-state index in [1.165, 1.54) is 0 Å². The highest BCUT2D eigenvalue weighted by molar-refractivity contribution is 6.10. The Morgan fingerprint density at radius 1 is 1.35 bits per heavy atom. The van der Waals surface area contributed by atoms with Crippen LogP contribution in [0.5, 0.6) is 0 Å². The maximum atomic E-state index is 5.54. The van der Waals surface area contributed by atoms with Crippen molar-refractivity contribution >= 4 is 17.4 Å². The van der Waals surface area contributed by atoms with Gasteiger partial charge in [-0.25, -0.2) is 4.98 Å². The Labute approximate surface area is 204 Å². The summed E-state index contributed by atoms with van der Waals surface area (Å²) >= 11 is 0. The molecular formula is C30H33N3O. The number of allylic oxidation sites excluding steroid dienone is 4. The number of aromatic nitrogens is 1. The van der Waals surface area contributed by atoms with E-state index in [0.717, 1.165) is 59.0 Å². The number of nitrogens with zero attached hydrogens (tertiary/aromatic N) is 3. The molecule has 1 atom stereocenters. The smallest absolute Gasteiger partial charge is 0.0728 e. The fraction of sp³-hybridized carbons (Fsp3) is 0.267. The van der Waals surface area contributed by atoms with Crippen molar-refractivity contribution in [3.05, 3.63) is 90.3 Å². The molecular weight excluding hydrogens is 418 g/mol. The molecule has 0 bridgehead atoms. The van der Waals surface area contributed by atoms with Crippen molar-refractivity contribution in [3.8, 4) is 23.7 Å². The van der Waals surface area contributed by atoms with Crippen LogP contribution in [0.1, 0.15) is 37.1 Å². The van der Waals surface area contributed by atoms with Crippen LogP contribution in [0.3, 0.4) is 0 Å². The van der Waals surface area contributed by atoms with Crippen molar-refractivity contribution < 1.29 is 4.74 Å². The van der Waals surface area contributed by atoms with E-state index in [9.17, 15) is 0 Å². The molecule has 0 saturated carbocycles. The van der Waals surface area contributed by atoms with Gasteiger partial charge in [-0.1, -0.05) is 49.4 Å². The molecule has 3 rings (SSSR count). The number of hydrogen-bond acceptors (Lipinski definition) is 4. The van der Waals surface area contributed by atoms with Gasteiger partial charge < -0.3 is 9.64 Å². The Balaban J connectivity index is 2.06. The van der Waals surface area contributed by atoms with Gasteiger partial charge in [0.05, 0.1) is 23.7 Å². The summed E-state index contributed by atoms with van der Waals surface area (Å²) in [5.41, 5.74) is 6.78. The fourth-order valence-corrected chi connectivity index (χ4v) is 3.82. The number of aliphatic imine (C=N–C) groups is 1. The molecule has 0 amide bonds. The van der Waals surface area contributed by atoms with Crippen molar-refractivity contribution in [1.29, 1.82) is 0 Å². The first-order valence-electron chi connectivity index (χ1n) is 11.7. The zero-order chi connectivity index (χ0) is 24.3. The summed E-state index contributed by atoms with van der Waals surface area (Å²) in [6, 6.07) is 15.0. The summed E-state index contributed by atoms with van der Waals surface area (Å²) in [5, 5.41) is 0. The Morgan fingerprint density at radius 3 is 2.88 bits per heavy atom. The Kier molecular flexibility index (Phi) is 9.20. The van der Waals surface area contributed by atoms with E-state index in [4.69, 9.17) is 21.1 Å². The minimum Gasteiger partial charge on any atom is -0.381 e. The van der Waals surface area contributed by atoms with Crippen LogP contribution in [0.15, 0.2) is 78.5 Å². The molecule has 0 spiro atoms. The fourth-order valence-electron chi connectivity index (χ4n) is 3.82. The van der Waals surface area contributed by atoms with Crippen LogP contribution >= 0.6 is 0 Å². The number of benzene rings is 1. The van der Waals surface area contributed by atoms with Crippen molar-refractivity contribution in [3.63, 3.8) is 0 Å². The normalized spacial score (nSPS) is 16.8. The van der Waals surface area contributed by atoms with Crippen LogP contribution < -0.4 is 0 Å². The van der Waals surface area contributed by atoms with Crippen LogP contribution in [0.25, 0.3) is 22.9 Å². The first-order valence-corrected chi connectivity index (χ1v) is 11.7. The minimum atomic E-state index is 0.420. The lowest BCUT2D eigenvalue weighted by atomic mass is 9.99. The highest BCUT2D eigenvalue weighted by Gasteiger charge is 2.14. The summed E-state index contributed by atoms with van der Waals surface area (Å²) in [4.78, 5) is 11.4. The first kappa shape index (κ1) is 25.0. The van der Waals surface area contributed by atoms with Gasteiger partial charge in [0.15, 0.2) is 0 Å². The second-order valence-electron chi connectivity index (χ2n) is 8.08. The molecule has 0 N–H and O–H groups in total. The number of hydrogen-bond donors (Lipinski definition) is 0. The molecule has 1 aliphatic rings. The highest BCUT2D eigenvalue weighted by atomic mass is 16.5. The number of pyridine rings is 1. The molecule has 0 aliphatic carbocycles. The summed E-state index contributed by atoms with van der Waals surface area (Å²) in [5.74, 6) is 0.420. The van der Waals surface area contributed by atoms with E-state index < -0.39 is 0 Å². The van der Waals surface area contributed by atoms with E-state index >= 15 is 0 Å². The molecule has 0 radical (unpaired) electrons. The molecule has 1 aliphatic heterocycles. The molecule has 34 heavy (non-hydrogen) atoms. The van der Waals surface area contributed by atoms with Gasteiger partial charge in [-0.2, -0.15) is 0 Å². The number of rotatable bonds is 9. The molecule has 2 aromatic rings. The monoisotopic (exact) mass is 451 g/mol. The molecule has 1 unspecified atom stereocenters. The Bertz CT molecular complexity index is 1160. The second kappa shape index (κ2) is 12.5. The quantitative estimate of drug-likeness (QED) is 0.196. The predicted molar refractivity (Wildman–Crippen MR) is 144 cm³/mol. The standard InChI is InChI=1S/C30H33N3O/c1-6-11-29(31-8-3)27-15-17-28(32-30(27)16-14-23-18-19-34-22-23)26-13-10-12-25(20-26)24(7-2)21-33(5)9-4/h4,6-7,10-17,20-21,23H,2,8,18-19,22H2,1,3,5H3/b11-6-,16-14+,24-21+,31-29?. The number of ether oxygens (including phenoxy) is 1. The van der Waals surface area contributed by atoms with Crippen molar-refractivity contribution in [2.24, 2.45) is 10.9 Å². The van der Waals surface area contributed by atoms with Crippen LogP contribution in [-0.2, 0) is 4.74 Å². The number of terminal acetylenes is 1. The van der Waals surface area contributed by atoms with Gasteiger partial charge in [-0.05, 0) is 61.8 Å². The first-order chi connectivity index (χ1) is 16.6. The molecule has 1 fully saturated rings. The van der Waals surface area contributed by atoms with Crippen molar-refractivity contribution in [1.82, 2.24) is 9.88 Å². The Morgan fingerprint density at radius 2 is 2.21 bits per heavy atom. The molecule has 1 aromatic heterocycles. The average molecular weight is 452 g/mol. The molecule has 4 heteroatoms. The van der Waals surface area contributed by atoms with Gasteiger partial charge >= 0.3 is 0 Å². The predicted octanol–water partition coefficient (Wildman–Crippen LogP) is 6.23. The summed E-state index contributed by atoms with van der Waals surface area (Å²) < 4.78 is 5.54. The third kappa shape index (κ3) is 6.43. The average Bonchev–Trinajstić information content (AvgIpc) is 3.39. The highest BCUT2D eigenvalue weighted by Crippen LogP contribution is 2.26. The molecule has 2 heterocycles. The Hall–Kier alpha value is -3.68. The van der Waals surface area contributed by atoms with Gasteiger partial charge in [-0.15, -0.1) is 0 Å². The molecule has 1 saturated heterocycles. The summed E-state index contributed by atoms with van der Waals surface area (Å²) in [6.07, 6.45) is 18.6. The van der Waals surface area contributed by atoms with Crippen LogP contribution in [0, 0.1) is 18.4 Å². The van der Waals surface area contributed by atoms with E-state index in [1.54, 1.807) is 4.90 Å². The second-order valence-corrected chi connectivity index (χ2v) is 8.08. The third-order valence-corrected chi connectivity index (χ3v) is 5.59. The van der Waals surface area contributed by atoms with E-state index in [2.05, 4.69) is 55.1 Å². The SMILES string of the molecule is C#CN(C)/C=C(\C=C)c1cccc(-c2ccc(C(/C=C\C)=NCC)c(/C=C/C3CCOC3)n2)c1. The van der Waals surface area contributed by atoms with Gasteiger partial charge in [-0.3, -0.25) is 4.99 Å². The zero-order valence-electron chi connectivity index (χ0n) is 20.4. The van der Waals surface area contributed by atoms with E-state index in [0.29, 0.717) is 12.5 Å². The largest absolute Gasteiger partial charge is 0.381 e. The van der Waals surface area contributed by atoms with Gasteiger partial charge in [0.25, 0.3) is 0 Å². The summed E-state index contributed by atoms with van der Waals surface area (Å²) in [7, 11) is 1.84. The van der Waals surface area contributed by atoms with E-state index in [1.807, 2.05) is 51.4 Å². The maximum absolute atomic E-state index is 5.54. The van der Waals surface area contributed by atoms with Gasteiger partial charge in [0, 0.05) is 49.5 Å². The topological polar surface area (TPSA) is 37.7 Å². The van der Waals surface area contributed by atoms with Crippen LogP contribution in [0.2, 0.25) is 0 Å². The lowest BCUT2D eigenvalue weighted by Crippen LogP contribution is -2.04. The zero-order valence-corrected chi connectivity index (χ0v) is 20.4. The van der Waals surface area contributed by atoms with Crippen LogP contribution in [-0.4, -0.2) is 42.4 Å². The molecule has 4 nitrogen and oxygen atoms in total. The van der Waals surface area contributed by atoms with Crippen molar-refractivity contribution in [2.45, 2.75) is 20.3 Å². The molecule has 1 aromatic carbocycles. The van der Waals surface area contributed by atoms with Gasteiger partial charge in [0.2, 0.25) is 0 Å². The van der Waals surface area contributed by atoms with E-state index in [-0.39, 0.29) is 0 Å². The van der Waals surface area contributed by atoms with Crippen LogP contribution in [0.4, 0.5) is 0 Å². The maximum Gasteiger partial charge on any atom is 0.0728 e. The molecule has 174 valence electrons. The summed E-state index contributed by atoms with van der Waals surface area (Å²) in [6.45, 7) is 10.3. The van der Waals surface area contributed by atoms with Gasteiger partial charge in [0.1, 0.15) is 0 Å². The third-order valence-electron chi connectivity index (χ3n) is 5.59. The lowest BCUT2D eigenvalue weighted by molar-refractivity contribution is 0.191. The van der Waals surface area contributed by atoms with Crippen molar-refractivity contribution in [2.75, 3.05) is 26.8 Å². The minimum absolute atomic E-state index is 0.420.